The number of unbranched alkanes of at least 4 members (excludes halogenated alkanes) is 7. The molecule has 0 aliphatic heterocycles. The van der Waals surface area contributed by atoms with Crippen LogP contribution in [-0.4, -0.2) is 177 Å². The van der Waals surface area contributed by atoms with E-state index in [2.05, 4.69) is 19.2 Å². The quantitative estimate of drug-likeness (QED) is 0.0605. The third kappa shape index (κ3) is 41.3. The molecule has 0 aromatic heterocycles. The van der Waals surface area contributed by atoms with Gasteiger partial charge in [0.05, 0.1) is 151 Å². The maximum Gasteiger partial charge on any atom is 0.338 e. The number of hydrogen-bond donors (Lipinski definition) is 1. The Balaban J connectivity index is 1.67. The van der Waals surface area contributed by atoms with Crippen molar-refractivity contribution in [1.82, 2.24) is 0 Å². The molecule has 0 atom stereocenters. The van der Waals surface area contributed by atoms with Crippen LogP contribution >= 0.6 is 0 Å². The number of anilines is 1. The summed E-state index contributed by atoms with van der Waals surface area (Å²) >= 11 is 0. The summed E-state index contributed by atoms with van der Waals surface area (Å²) in [5, 5.41) is 3.32. The van der Waals surface area contributed by atoms with Gasteiger partial charge in [-0.25, -0.2) is 4.79 Å². The van der Waals surface area contributed by atoms with Crippen molar-refractivity contribution in [3.8, 4) is 0 Å². The van der Waals surface area contributed by atoms with E-state index in [0.29, 0.717) is 157 Å². The van der Waals surface area contributed by atoms with Gasteiger partial charge in [-0.2, -0.15) is 0 Å². The van der Waals surface area contributed by atoms with E-state index in [1.807, 2.05) is 12.1 Å². The average Bonchev–Trinajstić information content (AvgIpc) is 3.27. The first-order chi connectivity index (χ1) is 30.2. The number of esters is 2. The zero-order valence-corrected chi connectivity index (χ0v) is 37.7. The lowest BCUT2D eigenvalue weighted by Gasteiger charge is -2.09. The molecule has 1 aromatic carbocycles. The van der Waals surface area contributed by atoms with Gasteiger partial charge in [0.25, 0.3) is 0 Å². The van der Waals surface area contributed by atoms with Gasteiger partial charge >= 0.3 is 11.9 Å². The van der Waals surface area contributed by atoms with Crippen LogP contribution in [0.25, 0.3) is 0 Å². The summed E-state index contributed by atoms with van der Waals surface area (Å²) in [6.45, 7) is 15.8. The molecule has 0 aliphatic rings. The Morgan fingerprint density at radius 2 is 0.689 bits per heavy atom. The van der Waals surface area contributed by atoms with Gasteiger partial charge in [-0.3, -0.25) is 4.79 Å². The number of ether oxygens (including phenoxy) is 13. The van der Waals surface area contributed by atoms with Gasteiger partial charge in [-0.05, 0) is 37.1 Å². The molecular weight excluding hydrogens is 794 g/mol. The Labute approximate surface area is 366 Å². The third-order valence-electron chi connectivity index (χ3n) is 8.64. The molecule has 1 aromatic rings. The second-order valence-electron chi connectivity index (χ2n) is 13.8. The molecule has 0 heterocycles. The fraction of sp³-hybridized carbons (Fsp3) is 0.822. The predicted octanol–water partition coefficient (Wildman–Crippen LogP) is 5.92. The van der Waals surface area contributed by atoms with E-state index in [9.17, 15) is 9.59 Å². The molecule has 0 radical (unpaired) electrons. The Morgan fingerprint density at radius 1 is 0.377 bits per heavy atom. The maximum atomic E-state index is 12.2. The molecule has 16 heteroatoms. The highest BCUT2D eigenvalue weighted by molar-refractivity contribution is 5.89. The highest BCUT2D eigenvalue weighted by atomic mass is 16.6. The maximum absolute atomic E-state index is 12.2. The number of carbonyl (C=O) groups excluding carboxylic acids is 2. The van der Waals surface area contributed by atoms with Crippen molar-refractivity contribution in [2.24, 2.45) is 0 Å². The fourth-order valence-corrected chi connectivity index (χ4v) is 5.22. The molecule has 0 spiro atoms. The molecule has 0 unspecified atom stereocenters. The van der Waals surface area contributed by atoms with Crippen molar-refractivity contribution in [1.29, 1.82) is 0 Å². The normalized spacial score (nSPS) is 11.3. The van der Waals surface area contributed by atoms with E-state index in [4.69, 9.17) is 61.6 Å². The summed E-state index contributed by atoms with van der Waals surface area (Å²) in [5.41, 5.74) is 1.51. The highest BCUT2D eigenvalue weighted by Gasteiger charge is 2.07. The first-order valence-corrected chi connectivity index (χ1v) is 22.7. The monoisotopic (exact) mass is 876 g/mol. The largest absolute Gasteiger partial charge is 0.463 e. The van der Waals surface area contributed by atoms with Gasteiger partial charge < -0.3 is 66.9 Å². The van der Waals surface area contributed by atoms with Crippen LogP contribution in [0.4, 0.5) is 5.69 Å². The van der Waals surface area contributed by atoms with Gasteiger partial charge in [-0.1, -0.05) is 58.8 Å². The van der Waals surface area contributed by atoms with Crippen LogP contribution in [0.5, 0.6) is 0 Å². The van der Waals surface area contributed by atoms with Gasteiger partial charge in [0.2, 0.25) is 0 Å². The second kappa shape index (κ2) is 47.0. The lowest BCUT2D eigenvalue weighted by atomic mass is 10.1. The van der Waals surface area contributed by atoms with Crippen molar-refractivity contribution < 1.29 is 71.2 Å². The lowest BCUT2D eigenvalue weighted by molar-refractivity contribution is -0.145. The van der Waals surface area contributed by atoms with Crippen LogP contribution in [0.3, 0.4) is 0 Å². The standard InChI is InChI=1S/C45H81NO15/c1-3-5-7-8-9-10-11-12-44(47)60-40-38-58-36-34-56-32-30-54-28-26-52-24-22-50-20-18-49-19-21-51-23-25-53-27-29-55-31-33-57-35-37-59-39-41-61-45(48)42-13-15-43(16-14-42)46-17-6-4-2/h13-16,46H,3-12,17-41H2,1-2H3. The number of nitrogens with one attached hydrogen (secondary N) is 1. The van der Waals surface area contributed by atoms with Crippen molar-refractivity contribution in [2.45, 2.75) is 78.1 Å². The minimum absolute atomic E-state index is 0.145. The van der Waals surface area contributed by atoms with E-state index >= 15 is 0 Å². The zero-order chi connectivity index (χ0) is 43.8. The van der Waals surface area contributed by atoms with Crippen molar-refractivity contribution in [3.05, 3.63) is 29.8 Å². The minimum atomic E-state index is -0.364. The molecule has 0 amide bonds. The second-order valence-corrected chi connectivity index (χ2v) is 13.8. The van der Waals surface area contributed by atoms with E-state index in [-0.39, 0.29) is 25.2 Å². The van der Waals surface area contributed by atoms with Crippen LogP contribution in [0.1, 0.15) is 88.4 Å². The van der Waals surface area contributed by atoms with Crippen LogP contribution in [0.2, 0.25) is 0 Å². The van der Waals surface area contributed by atoms with Gasteiger partial charge in [0.15, 0.2) is 0 Å². The van der Waals surface area contributed by atoms with E-state index in [1.54, 1.807) is 12.1 Å². The lowest BCUT2D eigenvalue weighted by Crippen LogP contribution is -2.16. The third-order valence-corrected chi connectivity index (χ3v) is 8.64. The Hall–Kier alpha value is -2.48. The molecule has 356 valence electrons. The molecule has 0 bridgehead atoms. The molecule has 0 saturated heterocycles. The molecule has 0 saturated carbocycles. The molecule has 16 nitrogen and oxygen atoms in total. The molecule has 1 rings (SSSR count). The summed E-state index contributed by atoms with van der Waals surface area (Å²) < 4.78 is 70.8. The number of rotatable bonds is 49. The van der Waals surface area contributed by atoms with Crippen molar-refractivity contribution in [3.63, 3.8) is 0 Å². The Morgan fingerprint density at radius 3 is 1.05 bits per heavy atom. The van der Waals surface area contributed by atoms with Gasteiger partial charge in [-0.15, -0.1) is 0 Å². The van der Waals surface area contributed by atoms with Crippen LogP contribution in [0.15, 0.2) is 24.3 Å². The summed E-state index contributed by atoms with van der Waals surface area (Å²) in [6, 6.07) is 7.29. The molecule has 0 fully saturated rings. The van der Waals surface area contributed by atoms with Crippen LogP contribution < -0.4 is 5.32 Å². The Bertz CT molecular complexity index is 1070. The topological polar surface area (TPSA) is 166 Å². The summed E-state index contributed by atoms with van der Waals surface area (Å²) in [7, 11) is 0. The summed E-state index contributed by atoms with van der Waals surface area (Å²) in [4.78, 5) is 23.9. The first kappa shape index (κ1) is 56.5. The molecule has 1 N–H and O–H groups in total. The number of hydrogen-bond acceptors (Lipinski definition) is 16. The van der Waals surface area contributed by atoms with Gasteiger partial charge in [0.1, 0.15) is 13.2 Å². The van der Waals surface area contributed by atoms with Crippen LogP contribution in [-0.2, 0) is 66.4 Å². The smallest absolute Gasteiger partial charge is 0.338 e. The fourth-order valence-electron chi connectivity index (χ4n) is 5.22. The van der Waals surface area contributed by atoms with Crippen LogP contribution in [0, 0.1) is 0 Å². The Kier molecular flexibility index (Phi) is 43.6. The van der Waals surface area contributed by atoms with E-state index < -0.39 is 0 Å². The predicted molar refractivity (Wildman–Crippen MR) is 233 cm³/mol. The summed E-state index contributed by atoms with van der Waals surface area (Å²) in [6.07, 6.45) is 11.0. The SMILES string of the molecule is CCCCCCCCCC(=O)OCCOCCOCCOCCOCCOCCOCCOCCOCCOCCOCCOCCOC(=O)c1ccc(NCCCC)cc1. The number of carbonyl (C=O) groups is 2. The molecule has 0 aliphatic carbocycles. The average molecular weight is 876 g/mol. The van der Waals surface area contributed by atoms with E-state index in [0.717, 1.165) is 37.9 Å². The zero-order valence-electron chi connectivity index (χ0n) is 37.7. The molecule has 61 heavy (non-hydrogen) atoms. The highest BCUT2D eigenvalue weighted by Crippen LogP contribution is 2.11. The number of benzene rings is 1. The van der Waals surface area contributed by atoms with Crippen molar-refractivity contribution in [2.75, 3.05) is 170 Å². The minimum Gasteiger partial charge on any atom is -0.463 e. The van der Waals surface area contributed by atoms with Crippen molar-refractivity contribution >= 4 is 17.6 Å². The van der Waals surface area contributed by atoms with E-state index in [1.165, 1.54) is 32.1 Å². The summed E-state index contributed by atoms with van der Waals surface area (Å²) in [5.74, 6) is -0.510. The molecular formula is C45H81NO15. The first-order valence-electron chi connectivity index (χ1n) is 22.7. The van der Waals surface area contributed by atoms with Gasteiger partial charge in [0, 0.05) is 18.7 Å².